The van der Waals surface area contributed by atoms with E-state index in [-0.39, 0.29) is 11.9 Å². The molecule has 0 saturated carbocycles. The highest BCUT2D eigenvalue weighted by Gasteiger charge is 2.49. The molecule has 132 valence electrons. The van der Waals surface area contributed by atoms with Crippen LogP contribution in [0.5, 0.6) is 0 Å². The predicted molar refractivity (Wildman–Crippen MR) is 95.1 cm³/mol. The molecule has 3 amide bonds. The second-order valence-electron chi connectivity index (χ2n) is 6.85. The van der Waals surface area contributed by atoms with Crippen LogP contribution in [-0.2, 0) is 16.9 Å². The lowest BCUT2D eigenvalue weighted by Crippen LogP contribution is -2.41. The van der Waals surface area contributed by atoms with E-state index in [4.69, 9.17) is 0 Å². The second-order valence-corrected chi connectivity index (χ2v) is 6.85. The second kappa shape index (κ2) is 6.35. The lowest BCUT2D eigenvalue weighted by molar-refractivity contribution is -0.131. The Bertz CT molecular complexity index is 827. The third-order valence-electron chi connectivity index (χ3n) is 4.90. The molecule has 1 N–H and O–H groups in total. The van der Waals surface area contributed by atoms with E-state index < -0.39 is 5.54 Å². The van der Waals surface area contributed by atoms with E-state index in [1.54, 1.807) is 13.1 Å². The number of aryl methyl sites for hydroxylation is 4. The zero-order valence-electron chi connectivity index (χ0n) is 15.2. The van der Waals surface area contributed by atoms with Gasteiger partial charge in [0.2, 0.25) is 0 Å². The van der Waals surface area contributed by atoms with Gasteiger partial charge in [-0.25, -0.2) is 9.78 Å². The van der Waals surface area contributed by atoms with Crippen molar-refractivity contribution in [3.8, 4) is 0 Å². The molecule has 2 aromatic rings. The molecule has 1 aromatic heterocycles. The first-order valence-corrected chi connectivity index (χ1v) is 8.52. The Labute approximate surface area is 147 Å². The van der Waals surface area contributed by atoms with Crippen LogP contribution in [0.2, 0.25) is 0 Å². The quantitative estimate of drug-likeness (QED) is 0.851. The minimum atomic E-state index is -1.00. The summed E-state index contributed by atoms with van der Waals surface area (Å²) < 4.78 is 2.02. The van der Waals surface area contributed by atoms with Gasteiger partial charge < -0.3 is 9.88 Å². The van der Waals surface area contributed by atoms with Crippen LogP contribution in [0.25, 0.3) is 0 Å². The van der Waals surface area contributed by atoms with Crippen molar-refractivity contribution in [3.63, 3.8) is 0 Å². The van der Waals surface area contributed by atoms with Crippen LogP contribution in [0, 0.1) is 20.8 Å². The van der Waals surface area contributed by atoms with E-state index in [9.17, 15) is 9.59 Å². The third kappa shape index (κ3) is 3.04. The number of imidazole rings is 1. The molecule has 1 atom stereocenters. The monoisotopic (exact) mass is 340 g/mol. The van der Waals surface area contributed by atoms with Gasteiger partial charge in [-0.3, -0.25) is 9.69 Å². The van der Waals surface area contributed by atoms with Gasteiger partial charge in [0.15, 0.2) is 0 Å². The summed E-state index contributed by atoms with van der Waals surface area (Å²) in [6.45, 7) is 8.82. The molecule has 1 aliphatic rings. The van der Waals surface area contributed by atoms with Crippen molar-refractivity contribution in [2.75, 3.05) is 6.54 Å². The van der Waals surface area contributed by atoms with Gasteiger partial charge in [-0.15, -0.1) is 0 Å². The van der Waals surface area contributed by atoms with Gasteiger partial charge in [-0.05, 0) is 45.2 Å². The topological polar surface area (TPSA) is 67.2 Å². The number of aromatic nitrogens is 2. The highest BCUT2D eigenvalue weighted by Crippen LogP contribution is 2.31. The largest absolute Gasteiger partial charge is 0.335 e. The maximum Gasteiger partial charge on any atom is 0.325 e. The molecule has 0 spiro atoms. The number of carbonyl (C=O) groups excluding carboxylic acids is 2. The van der Waals surface area contributed by atoms with Crippen molar-refractivity contribution in [2.45, 2.75) is 46.2 Å². The number of nitrogens with one attached hydrogen (secondary N) is 1. The van der Waals surface area contributed by atoms with Gasteiger partial charge in [-0.2, -0.15) is 0 Å². The van der Waals surface area contributed by atoms with Crippen LogP contribution in [-0.4, -0.2) is 32.9 Å². The van der Waals surface area contributed by atoms with Gasteiger partial charge in [-0.1, -0.05) is 23.8 Å². The van der Waals surface area contributed by atoms with Gasteiger partial charge in [0, 0.05) is 25.5 Å². The number of hydrogen-bond donors (Lipinski definition) is 1. The lowest BCUT2D eigenvalue weighted by atomic mass is 9.87. The van der Waals surface area contributed by atoms with Crippen LogP contribution in [0.4, 0.5) is 4.79 Å². The van der Waals surface area contributed by atoms with Crippen molar-refractivity contribution in [1.29, 1.82) is 0 Å². The molecule has 1 aromatic carbocycles. The minimum absolute atomic E-state index is 0.188. The molecular weight excluding hydrogens is 316 g/mol. The smallest absolute Gasteiger partial charge is 0.325 e. The van der Waals surface area contributed by atoms with Crippen LogP contribution in [0.15, 0.2) is 30.6 Å². The Morgan fingerprint density at radius 3 is 2.56 bits per heavy atom. The summed E-state index contributed by atoms with van der Waals surface area (Å²) in [5.41, 5.74) is 1.99. The number of imide groups is 1. The highest BCUT2D eigenvalue weighted by molar-refractivity contribution is 6.07. The average Bonchev–Trinajstić information content (AvgIpc) is 3.04. The van der Waals surface area contributed by atoms with Crippen molar-refractivity contribution in [2.24, 2.45) is 0 Å². The van der Waals surface area contributed by atoms with Gasteiger partial charge in [0.05, 0.1) is 0 Å². The van der Waals surface area contributed by atoms with E-state index in [1.165, 1.54) is 4.90 Å². The number of hydrogen-bond acceptors (Lipinski definition) is 3. The van der Waals surface area contributed by atoms with Gasteiger partial charge >= 0.3 is 6.03 Å². The molecule has 3 rings (SSSR count). The molecule has 1 aliphatic heterocycles. The van der Waals surface area contributed by atoms with E-state index in [0.717, 1.165) is 29.1 Å². The van der Waals surface area contributed by atoms with Crippen LogP contribution in [0.3, 0.4) is 0 Å². The Morgan fingerprint density at radius 2 is 1.92 bits per heavy atom. The summed E-state index contributed by atoms with van der Waals surface area (Å²) in [7, 11) is 0. The number of urea groups is 1. The molecule has 25 heavy (non-hydrogen) atoms. The Hall–Kier alpha value is -2.63. The molecule has 6 nitrogen and oxygen atoms in total. The molecule has 2 heterocycles. The number of benzene rings is 1. The summed E-state index contributed by atoms with van der Waals surface area (Å²) in [6, 6.07) is 5.61. The van der Waals surface area contributed by atoms with E-state index in [1.807, 2.05) is 49.7 Å². The summed E-state index contributed by atoms with van der Waals surface area (Å²) in [6.07, 6.45) is 4.35. The standard InChI is InChI=1S/C19H24N4O2/c1-13-6-7-16(14(2)12-13)19(4)17(24)23(18(25)21-19)10-5-9-22-11-8-20-15(22)3/h6-8,11-12H,5,9-10H2,1-4H3,(H,21,25)/t19-/m1/s1. The van der Waals surface area contributed by atoms with Gasteiger partial charge in [0.1, 0.15) is 11.4 Å². The first-order valence-electron chi connectivity index (χ1n) is 8.52. The molecule has 1 saturated heterocycles. The van der Waals surface area contributed by atoms with Crippen molar-refractivity contribution < 1.29 is 9.59 Å². The molecule has 0 bridgehead atoms. The molecule has 0 radical (unpaired) electrons. The van der Waals surface area contributed by atoms with Crippen molar-refractivity contribution >= 4 is 11.9 Å². The maximum absolute atomic E-state index is 13.0. The molecule has 6 heteroatoms. The predicted octanol–water partition coefficient (Wildman–Crippen LogP) is 2.67. The summed E-state index contributed by atoms with van der Waals surface area (Å²) in [5.74, 6) is 0.740. The SMILES string of the molecule is Cc1ccc([C@@]2(C)NC(=O)N(CCCn3ccnc3C)C2=O)c(C)c1. The fourth-order valence-electron chi connectivity index (χ4n) is 3.50. The summed E-state index contributed by atoms with van der Waals surface area (Å²) >= 11 is 0. The number of rotatable bonds is 5. The first kappa shape index (κ1) is 17.2. The first-order chi connectivity index (χ1) is 11.8. The Morgan fingerprint density at radius 1 is 1.16 bits per heavy atom. The fraction of sp³-hybridized carbons (Fsp3) is 0.421. The van der Waals surface area contributed by atoms with Crippen LogP contribution < -0.4 is 5.32 Å². The minimum Gasteiger partial charge on any atom is -0.335 e. The van der Waals surface area contributed by atoms with E-state index in [0.29, 0.717) is 13.0 Å². The number of carbonyl (C=O) groups is 2. The Balaban J connectivity index is 1.74. The highest BCUT2D eigenvalue weighted by atomic mass is 16.2. The third-order valence-corrected chi connectivity index (χ3v) is 4.90. The van der Waals surface area contributed by atoms with Crippen molar-refractivity contribution in [1.82, 2.24) is 19.8 Å². The van der Waals surface area contributed by atoms with E-state index >= 15 is 0 Å². The zero-order chi connectivity index (χ0) is 18.2. The maximum atomic E-state index is 13.0. The number of amides is 3. The average molecular weight is 340 g/mol. The molecule has 1 fully saturated rings. The zero-order valence-corrected chi connectivity index (χ0v) is 15.2. The van der Waals surface area contributed by atoms with Crippen LogP contribution >= 0.6 is 0 Å². The Kier molecular flexibility index (Phi) is 4.37. The van der Waals surface area contributed by atoms with Gasteiger partial charge in [0.25, 0.3) is 5.91 Å². The molecule has 0 unspecified atom stereocenters. The summed E-state index contributed by atoms with van der Waals surface area (Å²) in [4.78, 5) is 30.8. The fourth-order valence-corrected chi connectivity index (χ4v) is 3.50. The van der Waals surface area contributed by atoms with Crippen LogP contribution in [0.1, 0.15) is 35.9 Å². The molecule has 0 aliphatic carbocycles. The molecular formula is C19H24N4O2. The lowest BCUT2D eigenvalue weighted by Gasteiger charge is -2.24. The number of nitrogens with zero attached hydrogens (tertiary/aromatic N) is 3. The van der Waals surface area contributed by atoms with E-state index in [2.05, 4.69) is 10.3 Å². The summed E-state index contributed by atoms with van der Waals surface area (Å²) in [5, 5.41) is 2.88. The normalized spacial score (nSPS) is 20.2. The van der Waals surface area contributed by atoms with Crippen molar-refractivity contribution in [3.05, 3.63) is 53.1 Å².